The minimum absolute atomic E-state index is 0.118. The summed E-state index contributed by atoms with van der Waals surface area (Å²) in [6.07, 6.45) is 0.371. The lowest BCUT2D eigenvalue weighted by atomic mass is 10.2. The van der Waals surface area contributed by atoms with E-state index < -0.39 is 6.10 Å². The number of aryl methyl sites for hydroxylation is 1. The zero-order valence-electron chi connectivity index (χ0n) is 10.6. The van der Waals surface area contributed by atoms with E-state index in [2.05, 4.69) is 5.32 Å². The van der Waals surface area contributed by atoms with Gasteiger partial charge in [-0.25, -0.2) is 0 Å². The molecule has 0 saturated heterocycles. The van der Waals surface area contributed by atoms with Gasteiger partial charge in [-0.15, -0.1) is 0 Å². The van der Waals surface area contributed by atoms with Crippen LogP contribution in [-0.4, -0.2) is 18.6 Å². The molecule has 0 saturated carbocycles. The van der Waals surface area contributed by atoms with Crippen molar-refractivity contribution in [2.45, 2.75) is 33.3 Å². The molecule has 1 rings (SSSR count). The highest BCUT2D eigenvalue weighted by atomic mass is 16.5. The first kappa shape index (κ1) is 13.4. The van der Waals surface area contributed by atoms with Crippen LogP contribution in [0.15, 0.2) is 18.2 Å². The highest BCUT2D eigenvalue weighted by Crippen LogP contribution is 2.23. The van der Waals surface area contributed by atoms with Crippen molar-refractivity contribution >= 4 is 11.6 Å². The molecule has 0 heterocycles. The molecule has 1 aromatic rings. The predicted molar refractivity (Wildman–Crippen MR) is 69.0 cm³/mol. The third-order valence-electron chi connectivity index (χ3n) is 2.39. The maximum absolute atomic E-state index is 11.6. The van der Waals surface area contributed by atoms with Gasteiger partial charge in [0, 0.05) is 6.54 Å². The molecule has 1 atom stereocenters. The molecule has 0 aliphatic carbocycles. The van der Waals surface area contributed by atoms with E-state index in [1.54, 1.807) is 13.0 Å². The first-order valence-electron chi connectivity index (χ1n) is 5.85. The van der Waals surface area contributed by atoms with Crippen molar-refractivity contribution in [1.82, 2.24) is 5.32 Å². The quantitative estimate of drug-likeness (QED) is 0.767. The number of hydrogen-bond acceptors (Lipinski definition) is 3. The van der Waals surface area contributed by atoms with Gasteiger partial charge in [0.15, 0.2) is 6.10 Å². The molecule has 0 fully saturated rings. The fourth-order valence-electron chi connectivity index (χ4n) is 1.38. The molecule has 4 heteroatoms. The second-order valence-corrected chi connectivity index (χ2v) is 4.09. The Labute approximate surface area is 102 Å². The number of anilines is 1. The molecule has 0 aliphatic heterocycles. The number of carbonyl (C=O) groups excluding carboxylic acids is 1. The summed E-state index contributed by atoms with van der Waals surface area (Å²) in [7, 11) is 0. The summed E-state index contributed by atoms with van der Waals surface area (Å²) >= 11 is 0. The lowest BCUT2D eigenvalue weighted by Crippen LogP contribution is -2.36. The second kappa shape index (κ2) is 6.13. The third kappa shape index (κ3) is 3.98. The number of nitrogens with one attached hydrogen (secondary N) is 1. The Bertz CT molecular complexity index is 391. The highest BCUT2D eigenvalue weighted by molar-refractivity contribution is 5.80. The van der Waals surface area contributed by atoms with E-state index >= 15 is 0 Å². The number of nitrogen functional groups attached to an aromatic ring is 1. The molecule has 1 aromatic carbocycles. The Balaban J connectivity index is 2.64. The Morgan fingerprint density at radius 1 is 1.53 bits per heavy atom. The highest BCUT2D eigenvalue weighted by Gasteiger charge is 2.14. The Morgan fingerprint density at radius 3 is 2.88 bits per heavy atom. The van der Waals surface area contributed by atoms with Crippen LogP contribution in [0.5, 0.6) is 5.75 Å². The molecule has 0 aliphatic rings. The second-order valence-electron chi connectivity index (χ2n) is 4.09. The van der Waals surface area contributed by atoms with Crippen molar-refractivity contribution in [3.8, 4) is 5.75 Å². The first-order chi connectivity index (χ1) is 8.04. The summed E-state index contributed by atoms with van der Waals surface area (Å²) in [6, 6.07) is 5.52. The van der Waals surface area contributed by atoms with Gasteiger partial charge in [0.2, 0.25) is 0 Å². The molecule has 1 amide bonds. The SMILES string of the molecule is CCCNC(=O)C(C)Oc1cc(C)ccc1N. The van der Waals surface area contributed by atoms with E-state index in [0.29, 0.717) is 18.0 Å². The number of carbonyl (C=O) groups is 1. The van der Waals surface area contributed by atoms with Crippen molar-refractivity contribution < 1.29 is 9.53 Å². The van der Waals surface area contributed by atoms with Crippen LogP contribution in [0.3, 0.4) is 0 Å². The third-order valence-corrected chi connectivity index (χ3v) is 2.39. The fourth-order valence-corrected chi connectivity index (χ4v) is 1.38. The average molecular weight is 236 g/mol. The summed E-state index contributed by atoms with van der Waals surface area (Å²) < 4.78 is 5.55. The van der Waals surface area contributed by atoms with Crippen molar-refractivity contribution in [3.05, 3.63) is 23.8 Å². The van der Waals surface area contributed by atoms with E-state index in [-0.39, 0.29) is 5.91 Å². The van der Waals surface area contributed by atoms with E-state index in [0.717, 1.165) is 12.0 Å². The van der Waals surface area contributed by atoms with Crippen molar-refractivity contribution in [2.75, 3.05) is 12.3 Å². The van der Waals surface area contributed by atoms with Crippen LogP contribution >= 0.6 is 0 Å². The first-order valence-corrected chi connectivity index (χ1v) is 5.85. The molecular weight excluding hydrogens is 216 g/mol. The number of hydrogen-bond donors (Lipinski definition) is 2. The van der Waals surface area contributed by atoms with Gasteiger partial charge in [-0.3, -0.25) is 4.79 Å². The minimum Gasteiger partial charge on any atom is -0.479 e. The fraction of sp³-hybridized carbons (Fsp3) is 0.462. The van der Waals surface area contributed by atoms with E-state index in [4.69, 9.17) is 10.5 Å². The molecular formula is C13H20N2O2. The summed E-state index contributed by atoms with van der Waals surface area (Å²) in [5, 5.41) is 2.78. The van der Waals surface area contributed by atoms with Gasteiger partial charge in [0.05, 0.1) is 5.69 Å². The van der Waals surface area contributed by atoms with Crippen LogP contribution in [-0.2, 0) is 4.79 Å². The van der Waals surface area contributed by atoms with Gasteiger partial charge >= 0.3 is 0 Å². The molecule has 1 unspecified atom stereocenters. The van der Waals surface area contributed by atoms with Crippen LogP contribution in [0.25, 0.3) is 0 Å². The molecule has 0 aromatic heterocycles. The largest absolute Gasteiger partial charge is 0.479 e. The van der Waals surface area contributed by atoms with Crippen molar-refractivity contribution in [2.24, 2.45) is 0 Å². The van der Waals surface area contributed by atoms with Crippen molar-refractivity contribution in [3.63, 3.8) is 0 Å². The standard InChI is InChI=1S/C13H20N2O2/c1-4-7-15-13(16)10(3)17-12-8-9(2)5-6-11(12)14/h5-6,8,10H,4,7,14H2,1-3H3,(H,15,16). The van der Waals surface area contributed by atoms with Gasteiger partial charge in [-0.1, -0.05) is 13.0 Å². The zero-order chi connectivity index (χ0) is 12.8. The van der Waals surface area contributed by atoms with Gasteiger partial charge in [0.25, 0.3) is 5.91 Å². The minimum atomic E-state index is -0.536. The summed E-state index contributed by atoms with van der Waals surface area (Å²) in [4.78, 5) is 11.6. The average Bonchev–Trinajstić information content (AvgIpc) is 2.30. The van der Waals surface area contributed by atoms with Gasteiger partial charge in [-0.2, -0.15) is 0 Å². The molecule has 17 heavy (non-hydrogen) atoms. The molecule has 0 radical (unpaired) electrons. The monoisotopic (exact) mass is 236 g/mol. The summed E-state index contributed by atoms with van der Waals surface area (Å²) in [5.41, 5.74) is 7.38. The topological polar surface area (TPSA) is 64.3 Å². The lowest BCUT2D eigenvalue weighted by Gasteiger charge is -2.16. The van der Waals surface area contributed by atoms with E-state index in [1.165, 1.54) is 0 Å². The smallest absolute Gasteiger partial charge is 0.260 e. The number of benzene rings is 1. The van der Waals surface area contributed by atoms with Crippen LogP contribution in [0, 0.1) is 6.92 Å². The van der Waals surface area contributed by atoms with Crippen LogP contribution in [0.2, 0.25) is 0 Å². The zero-order valence-corrected chi connectivity index (χ0v) is 10.6. The molecule has 0 bridgehead atoms. The lowest BCUT2D eigenvalue weighted by molar-refractivity contribution is -0.127. The molecule has 3 N–H and O–H groups in total. The van der Waals surface area contributed by atoms with E-state index in [9.17, 15) is 4.79 Å². The van der Waals surface area contributed by atoms with Gasteiger partial charge < -0.3 is 15.8 Å². The predicted octanol–water partition coefficient (Wildman–Crippen LogP) is 1.87. The Morgan fingerprint density at radius 2 is 2.24 bits per heavy atom. The van der Waals surface area contributed by atoms with Crippen LogP contribution in [0.4, 0.5) is 5.69 Å². The number of rotatable bonds is 5. The molecule has 0 spiro atoms. The number of nitrogens with two attached hydrogens (primary N) is 1. The summed E-state index contributed by atoms with van der Waals surface area (Å²) in [5.74, 6) is 0.442. The molecule has 4 nitrogen and oxygen atoms in total. The van der Waals surface area contributed by atoms with Crippen LogP contribution < -0.4 is 15.8 Å². The Hall–Kier alpha value is -1.71. The Kier molecular flexibility index (Phi) is 4.82. The maximum Gasteiger partial charge on any atom is 0.260 e. The van der Waals surface area contributed by atoms with Crippen molar-refractivity contribution in [1.29, 1.82) is 0 Å². The normalized spacial score (nSPS) is 11.9. The number of amides is 1. The van der Waals surface area contributed by atoms with Gasteiger partial charge in [-0.05, 0) is 38.0 Å². The number of ether oxygens (including phenoxy) is 1. The molecule has 94 valence electrons. The van der Waals surface area contributed by atoms with Gasteiger partial charge in [0.1, 0.15) is 5.75 Å². The summed E-state index contributed by atoms with van der Waals surface area (Å²) in [6.45, 7) is 6.33. The maximum atomic E-state index is 11.6. The van der Waals surface area contributed by atoms with Crippen LogP contribution in [0.1, 0.15) is 25.8 Å². The van der Waals surface area contributed by atoms with E-state index in [1.807, 2.05) is 26.0 Å².